The van der Waals surface area contributed by atoms with E-state index in [0.29, 0.717) is 0 Å². The highest BCUT2D eigenvalue weighted by Crippen LogP contribution is 2.35. The Kier molecular flexibility index (Phi) is 2.69. The van der Waals surface area contributed by atoms with Crippen LogP contribution in [-0.4, -0.2) is 21.9 Å². The van der Waals surface area contributed by atoms with Crippen molar-refractivity contribution in [2.75, 3.05) is 6.61 Å². The topological polar surface area (TPSA) is 86.7 Å². The zero-order valence-corrected chi connectivity index (χ0v) is 8.28. The van der Waals surface area contributed by atoms with Gasteiger partial charge in [0.1, 0.15) is 11.5 Å². The third-order valence-electron chi connectivity index (χ3n) is 2.14. The molecule has 0 fully saturated rings. The first kappa shape index (κ1) is 10.8. The van der Waals surface area contributed by atoms with Crippen molar-refractivity contribution in [2.24, 2.45) is 5.73 Å². The second kappa shape index (κ2) is 3.48. The van der Waals surface area contributed by atoms with Crippen LogP contribution in [0.5, 0.6) is 11.5 Å². The van der Waals surface area contributed by atoms with Crippen molar-refractivity contribution >= 4 is 0 Å². The highest BCUT2D eigenvalue weighted by Gasteiger charge is 2.27. The van der Waals surface area contributed by atoms with Gasteiger partial charge in [-0.05, 0) is 31.5 Å². The molecule has 78 valence electrons. The fourth-order valence-corrected chi connectivity index (χ4v) is 1.41. The monoisotopic (exact) mass is 197 g/mol. The van der Waals surface area contributed by atoms with E-state index >= 15 is 0 Å². The largest absolute Gasteiger partial charge is 0.507 e. The Bertz CT molecular complexity index is 324. The molecule has 1 aromatic carbocycles. The molecule has 0 heterocycles. The molecule has 0 aliphatic rings. The van der Waals surface area contributed by atoms with E-state index in [1.807, 2.05) is 0 Å². The van der Waals surface area contributed by atoms with Gasteiger partial charge in [0.15, 0.2) is 0 Å². The average molecular weight is 197 g/mol. The van der Waals surface area contributed by atoms with Gasteiger partial charge >= 0.3 is 0 Å². The highest BCUT2D eigenvalue weighted by atomic mass is 16.3. The molecule has 14 heavy (non-hydrogen) atoms. The summed E-state index contributed by atoms with van der Waals surface area (Å²) in [5.74, 6) is -0.192. The predicted octanol–water partition coefficient (Wildman–Crippen LogP) is 0.572. The number of hydrogen-bond acceptors (Lipinski definition) is 4. The maximum absolute atomic E-state index is 9.59. The molecule has 0 spiro atoms. The second-order valence-corrected chi connectivity index (χ2v) is 3.75. The first-order chi connectivity index (χ1) is 6.38. The van der Waals surface area contributed by atoms with Crippen molar-refractivity contribution in [2.45, 2.75) is 19.4 Å². The number of nitrogens with two attached hydrogens (primary N) is 1. The Balaban J connectivity index is 3.35. The van der Waals surface area contributed by atoms with E-state index in [2.05, 4.69) is 0 Å². The summed E-state index contributed by atoms with van der Waals surface area (Å²) < 4.78 is 0. The molecule has 0 radical (unpaired) electrons. The van der Waals surface area contributed by atoms with Crippen LogP contribution in [0, 0.1) is 6.92 Å². The summed E-state index contributed by atoms with van der Waals surface area (Å²) in [7, 11) is 0. The van der Waals surface area contributed by atoms with Gasteiger partial charge in [-0.2, -0.15) is 0 Å². The summed E-state index contributed by atoms with van der Waals surface area (Å²) in [5, 5.41) is 28.2. The number of benzene rings is 1. The molecule has 4 nitrogen and oxygen atoms in total. The minimum absolute atomic E-state index is 0.0958. The maximum Gasteiger partial charge on any atom is 0.124 e. The molecule has 0 amide bonds. The number of aliphatic hydroxyl groups is 1. The molecule has 0 bridgehead atoms. The second-order valence-electron chi connectivity index (χ2n) is 3.75. The van der Waals surface area contributed by atoms with Gasteiger partial charge in [-0.3, -0.25) is 0 Å². The summed E-state index contributed by atoms with van der Waals surface area (Å²) in [6.07, 6.45) is 0. The molecule has 0 saturated carbocycles. The number of rotatable bonds is 2. The van der Waals surface area contributed by atoms with Crippen LogP contribution in [0.4, 0.5) is 0 Å². The van der Waals surface area contributed by atoms with Gasteiger partial charge < -0.3 is 21.1 Å². The summed E-state index contributed by atoms with van der Waals surface area (Å²) in [5.41, 5.74) is 5.49. The summed E-state index contributed by atoms with van der Waals surface area (Å²) in [6.45, 7) is 2.93. The van der Waals surface area contributed by atoms with E-state index in [4.69, 9.17) is 10.8 Å². The van der Waals surface area contributed by atoms with Gasteiger partial charge in [-0.25, -0.2) is 0 Å². The molecule has 1 rings (SSSR count). The Morgan fingerprint density at radius 3 is 2.07 bits per heavy atom. The van der Waals surface area contributed by atoms with E-state index in [1.165, 1.54) is 19.1 Å². The SMILES string of the molecule is Cc1cc(O)c([C@](C)(N)CO)c(O)c1. The fraction of sp³-hybridized carbons (Fsp3) is 0.400. The summed E-state index contributed by atoms with van der Waals surface area (Å²) in [6, 6.07) is 2.99. The van der Waals surface area contributed by atoms with Gasteiger partial charge in [0.05, 0.1) is 17.7 Å². The van der Waals surface area contributed by atoms with E-state index in [-0.39, 0.29) is 23.7 Å². The molecule has 5 N–H and O–H groups in total. The molecule has 1 atom stereocenters. The van der Waals surface area contributed by atoms with Crippen molar-refractivity contribution in [3.63, 3.8) is 0 Å². The standard InChI is InChI=1S/C10H15NO3/c1-6-3-7(13)9(8(14)4-6)10(2,11)5-12/h3-4,12-14H,5,11H2,1-2H3/t10-/m1/s1. The minimum Gasteiger partial charge on any atom is -0.507 e. The number of phenolic OH excluding ortho intramolecular Hbond substituents is 2. The first-order valence-electron chi connectivity index (χ1n) is 4.31. The molecular weight excluding hydrogens is 182 g/mol. The molecule has 0 aliphatic carbocycles. The van der Waals surface area contributed by atoms with E-state index < -0.39 is 5.54 Å². The minimum atomic E-state index is -1.14. The average Bonchev–Trinajstić information content (AvgIpc) is 2.01. The summed E-state index contributed by atoms with van der Waals surface area (Å²) >= 11 is 0. The Morgan fingerprint density at radius 2 is 1.71 bits per heavy atom. The molecular formula is C10H15NO3. The first-order valence-corrected chi connectivity index (χ1v) is 4.31. The summed E-state index contributed by atoms with van der Waals surface area (Å²) in [4.78, 5) is 0. The Morgan fingerprint density at radius 1 is 1.29 bits per heavy atom. The van der Waals surface area contributed by atoms with E-state index in [9.17, 15) is 10.2 Å². The van der Waals surface area contributed by atoms with Crippen LogP contribution >= 0.6 is 0 Å². The Labute approximate surface area is 82.6 Å². The van der Waals surface area contributed by atoms with Gasteiger partial charge in [0, 0.05) is 0 Å². The van der Waals surface area contributed by atoms with Gasteiger partial charge in [-0.15, -0.1) is 0 Å². The van der Waals surface area contributed by atoms with Gasteiger partial charge in [0.2, 0.25) is 0 Å². The van der Waals surface area contributed by atoms with Crippen LogP contribution in [0.15, 0.2) is 12.1 Å². The van der Waals surface area contributed by atoms with Gasteiger partial charge in [-0.1, -0.05) is 0 Å². The van der Waals surface area contributed by atoms with Crippen molar-refractivity contribution < 1.29 is 15.3 Å². The van der Waals surface area contributed by atoms with E-state index in [0.717, 1.165) is 5.56 Å². The number of aryl methyl sites for hydroxylation is 1. The molecule has 0 aliphatic heterocycles. The lowest BCUT2D eigenvalue weighted by atomic mass is 9.91. The lowest BCUT2D eigenvalue weighted by molar-refractivity contribution is 0.203. The number of hydrogen-bond donors (Lipinski definition) is 4. The van der Waals surface area contributed by atoms with Crippen LogP contribution in [-0.2, 0) is 5.54 Å². The lowest BCUT2D eigenvalue weighted by Gasteiger charge is -2.24. The van der Waals surface area contributed by atoms with Crippen LogP contribution in [0.3, 0.4) is 0 Å². The molecule has 0 saturated heterocycles. The quantitative estimate of drug-likeness (QED) is 0.558. The maximum atomic E-state index is 9.59. The van der Waals surface area contributed by atoms with Crippen LogP contribution in [0.25, 0.3) is 0 Å². The molecule has 1 aromatic rings. The van der Waals surface area contributed by atoms with Crippen LogP contribution in [0.1, 0.15) is 18.1 Å². The third kappa shape index (κ3) is 1.81. The zero-order valence-electron chi connectivity index (χ0n) is 8.28. The molecule has 0 unspecified atom stereocenters. The highest BCUT2D eigenvalue weighted by molar-refractivity contribution is 5.50. The van der Waals surface area contributed by atoms with Gasteiger partial charge in [0.25, 0.3) is 0 Å². The number of aromatic hydroxyl groups is 2. The lowest BCUT2D eigenvalue weighted by Crippen LogP contribution is -2.37. The normalized spacial score (nSPS) is 15.1. The fourth-order valence-electron chi connectivity index (χ4n) is 1.41. The van der Waals surface area contributed by atoms with Crippen molar-refractivity contribution in [3.05, 3.63) is 23.3 Å². The third-order valence-corrected chi connectivity index (χ3v) is 2.14. The number of aliphatic hydroxyl groups excluding tert-OH is 1. The molecule has 4 heteroatoms. The van der Waals surface area contributed by atoms with Crippen molar-refractivity contribution in [1.82, 2.24) is 0 Å². The Hall–Kier alpha value is -1.26. The van der Waals surface area contributed by atoms with Crippen molar-refractivity contribution in [3.8, 4) is 11.5 Å². The van der Waals surface area contributed by atoms with Crippen LogP contribution in [0.2, 0.25) is 0 Å². The zero-order chi connectivity index (χ0) is 10.9. The van der Waals surface area contributed by atoms with Crippen molar-refractivity contribution in [1.29, 1.82) is 0 Å². The smallest absolute Gasteiger partial charge is 0.124 e. The molecule has 0 aromatic heterocycles. The predicted molar refractivity (Wildman–Crippen MR) is 53.1 cm³/mol. The van der Waals surface area contributed by atoms with E-state index in [1.54, 1.807) is 6.92 Å². The van der Waals surface area contributed by atoms with Crippen LogP contribution < -0.4 is 5.73 Å². The number of phenols is 2.